The lowest BCUT2D eigenvalue weighted by Gasteiger charge is -2.34. The molecule has 0 atom stereocenters. The first-order chi connectivity index (χ1) is 9.61. The maximum absolute atomic E-state index is 11.1. The third kappa shape index (κ3) is 3.72. The maximum Gasteiger partial charge on any atom is 0.248 e. The van der Waals surface area contributed by atoms with Gasteiger partial charge in [-0.2, -0.15) is 0 Å². The second kappa shape index (κ2) is 7.07. The number of halogens is 1. The highest BCUT2D eigenvalue weighted by molar-refractivity contribution is 6.31. The van der Waals surface area contributed by atoms with Crippen molar-refractivity contribution in [1.82, 2.24) is 10.2 Å². The molecule has 1 fully saturated rings. The van der Waals surface area contributed by atoms with Crippen molar-refractivity contribution in [2.45, 2.75) is 32.4 Å². The molecule has 1 amide bonds. The molecule has 0 radical (unpaired) electrons. The summed E-state index contributed by atoms with van der Waals surface area (Å²) in [6.07, 6.45) is 2.34. The van der Waals surface area contributed by atoms with Crippen LogP contribution in [0.1, 0.15) is 35.7 Å². The average molecular weight is 296 g/mol. The van der Waals surface area contributed by atoms with E-state index in [-0.39, 0.29) is 0 Å². The Kier molecular flexibility index (Phi) is 5.40. The van der Waals surface area contributed by atoms with Crippen molar-refractivity contribution in [2.24, 2.45) is 5.73 Å². The first-order valence-corrected chi connectivity index (χ1v) is 7.52. The molecule has 1 saturated heterocycles. The Morgan fingerprint density at radius 1 is 1.45 bits per heavy atom. The number of hydrogen-bond acceptors (Lipinski definition) is 3. The summed E-state index contributed by atoms with van der Waals surface area (Å²) in [5.74, 6) is -0.441. The third-order valence-electron chi connectivity index (χ3n) is 3.94. The van der Waals surface area contributed by atoms with Crippen LogP contribution in [-0.4, -0.2) is 36.5 Å². The fourth-order valence-corrected chi connectivity index (χ4v) is 2.96. The van der Waals surface area contributed by atoms with E-state index in [4.69, 9.17) is 17.3 Å². The standard InChI is InChI=1S/C15H22ClN3O/c1-2-19(13-5-7-18-8-6-13)10-12-4-3-11(15(17)20)9-14(12)16/h3-4,9,13,18H,2,5-8,10H2,1H3,(H2,17,20). The molecule has 0 bridgehead atoms. The predicted molar refractivity (Wildman–Crippen MR) is 81.9 cm³/mol. The zero-order valence-corrected chi connectivity index (χ0v) is 12.6. The van der Waals surface area contributed by atoms with Crippen molar-refractivity contribution in [3.8, 4) is 0 Å². The Hall–Kier alpha value is -1.10. The highest BCUT2D eigenvalue weighted by Crippen LogP contribution is 2.22. The van der Waals surface area contributed by atoms with Gasteiger partial charge >= 0.3 is 0 Å². The van der Waals surface area contributed by atoms with E-state index >= 15 is 0 Å². The minimum absolute atomic E-state index is 0.441. The Labute approximate surface area is 125 Å². The number of benzene rings is 1. The van der Waals surface area contributed by atoms with E-state index < -0.39 is 5.91 Å². The van der Waals surface area contributed by atoms with Gasteiger partial charge < -0.3 is 11.1 Å². The van der Waals surface area contributed by atoms with Crippen LogP contribution >= 0.6 is 11.6 Å². The molecule has 0 spiro atoms. The molecular weight excluding hydrogens is 274 g/mol. The summed E-state index contributed by atoms with van der Waals surface area (Å²) < 4.78 is 0. The zero-order valence-electron chi connectivity index (χ0n) is 11.9. The largest absolute Gasteiger partial charge is 0.366 e. The number of hydrogen-bond donors (Lipinski definition) is 2. The number of amides is 1. The van der Waals surface area contributed by atoms with E-state index in [9.17, 15) is 4.79 Å². The Bertz CT molecular complexity index is 472. The molecular formula is C15H22ClN3O. The average Bonchev–Trinajstić information content (AvgIpc) is 2.46. The molecule has 110 valence electrons. The first-order valence-electron chi connectivity index (χ1n) is 7.14. The molecule has 2 rings (SSSR count). The minimum atomic E-state index is -0.441. The predicted octanol–water partition coefficient (Wildman–Crippen LogP) is 2.01. The Morgan fingerprint density at radius 2 is 2.15 bits per heavy atom. The second-order valence-corrected chi connectivity index (χ2v) is 5.62. The van der Waals surface area contributed by atoms with Crippen molar-refractivity contribution in [3.63, 3.8) is 0 Å². The number of carbonyl (C=O) groups is 1. The lowest BCUT2D eigenvalue weighted by molar-refractivity contribution is 0.1000. The van der Waals surface area contributed by atoms with E-state index in [2.05, 4.69) is 17.1 Å². The van der Waals surface area contributed by atoms with Crippen LogP contribution < -0.4 is 11.1 Å². The number of nitrogens with zero attached hydrogens (tertiary/aromatic N) is 1. The van der Waals surface area contributed by atoms with Crippen LogP contribution in [0.5, 0.6) is 0 Å². The normalized spacial score (nSPS) is 16.6. The molecule has 0 aliphatic carbocycles. The summed E-state index contributed by atoms with van der Waals surface area (Å²) >= 11 is 6.27. The van der Waals surface area contributed by atoms with Crippen LogP contribution in [0.2, 0.25) is 5.02 Å². The van der Waals surface area contributed by atoms with E-state index in [1.54, 1.807) is 12.1 Å². The Morgan fingerprint density at radius 3 is 2.70 bits per heavy atom. The highest BCUT2D eigenvalue weighted by Gasteiger charge is 2.20. The number of nitrogens with one attached hydrogen (secondary N) is 1. The molecule has 1 aliphatic rings. The summed E-state index contributed by atoms with van der Waals surface area (Å²) in [5.41, 5.74) is 6.78. The monoisotopic (exact) mass is 295 g/mol. The highest BCUT2D eigenvalue weighted by atomic mass is 35.5. The van der Waals surface area contributed by atoms with Crippen LogP contribution in [0.4, 0.5) is 0 Å². The van der Waals surface area contributed by atoms with E-state index in [0.29, 0.717) is 16.6 Å². The first kappa shape index (κ1) is 15.3. The van der Waals surface area contributed by atoms with Gasteiger partial charge in [0.2, 0.25) is 5.91 Å². The topological polar surface area (TPSA) is 58.4 Å². The molecule has 1 aliphatic heterocycles. The van der Waals surface area contributed by atoms with Gasteiger partial charge in [-0.25, -0.2) is 0 Å². The van der Waals surface area contributed by atoms with Crippen LogP contribution in [0.15, 0.2) is 18.2 Å². The molecule has 0 aromatic heterocycles. The summed E-state index contributed by atoms with van der Waals surface area (Å²) in [6.45, 7) is 6.15. The lowest BCUT2D eigenvalue weighted by atomic mass is 10.0. The Balaban J connectivity index is 2.08. The van der Waals surface area contributed by atoms with Crippen LogP contribution in [0.3, 0.4) is 0 Å². The maximum atomic E-state index is 11.1. The molecule has 0 unspecified atom stereocenters. The summed E-state index contributed by atoms with van der Waals surface area (Å²) in [4.78, 5) is 13.6. The smallest absolute Gasteiger partial charge is 0.248 e. The number of nitrogens with two attached hydrogens (primary N) is 1. The van der Waals surface area contributed by atoms with Crippen molar-refractivity contribution < 1.29 is 4.79 Å². The lowest BCUT2D eigenvalue weighted by Crippen LogP contribution is -2.42. The second-order valence-electron chi connectivity index (χ2n) is 5.21. The van der Waals surface area contributed by atoms with Gasteiger partial charge in [0.1, 0.15) is 0 Å². The summed E-state index contributed by atoms with van der Waals surface area (Å²) in [6, 6.07) is 5.93. The van der Waals surface area contributed by atoms with Crippen LogP contribution in [0, 0.1) is 0 Å². The fourth-order valence-electron chi connectivity index (χ4n) is 2.72. The number of rotatable bonds is 5. The van der Waals surface area contributed by atoms with E-state index in [1.165, 1.54) is 12.8 Å². The van der Waals surface area contributed by atoms with Crippen molar-refractivity contribution >= 4 is 17.5 Å². The van der Waals surface area contributed by atoms with Gasteiger partial charge in [-0.15, -0.1) is 0 Å². The summed E-state index contributed by atoms with van der Waals surface area (Å²) in [5, 5.41) is 4.00. The van der Waals surface area contributed by atoms with Crippen molar-refractivity contribution in [1.29, 1.82) is 0 Å². The quantitative estimate of drug-likeness (QED) is 0.874. The third-order valence-corrected chi connectivity index (χ3v) is 4.29. The fraction of sp³-hybridized carbons (Fsp3) is 0.533. The van der Waals surface area contributed by atoms with E-state index in [1.807, 2.05) is 6.07 Å². The van der Waals surface area contributed by atoms with Gasteiger partial charge in [0, 0.05) is 23.2 Å². The SMILES string of the molecule is CCN(Cc1ccc(C(N)=O)cc1Cl)C1CCNCC1. The van der Waals surface area contributed by atoms with Gasteiger partial charge in [-0.3, -0.25) is 9.69 Å². The molecule has 0 saturated carbocycles. The van der Waals surface area contributed by atoms with Gasteiger partial charge in [-0.1, -0.05) is 24.6 Å². The molecule has 4 nitrogen and oxygen atoms in total. The van der Waals surface area contributed by atoms with E-state index in [0.717, 1.165) is 31.7 Å². The van der Waals surface area contributed by atoms with Gasteiger partial charge in [-0.05, 0) is 50.2 Å². The van der Waals surface area contributed by atoms with Gasteiger partial charge in [0.15, 0.2) is 0 Å². The number of primary amides is 1. The van der Waals surface area contributed by atoms with Gasteiger partial charge in [0.25, 0.3) is 0 Å². The number of piperidine rings is 1. The van der Waals surface area contributed by atoms with Crippen LogP contribution in [-0.2, 0) is 6.54 Å². The van der Waals surface area contributed by atoms with Gasteiger partial charge in [0.05, 0.1) is 0 Å². The summed E-state index contributed by atoms with van der Waals surface area (Å²) in [7, 11) is 0. The molecule has 20 heavy (non-hydrogen) atoms. The minimum Gasteiger partial charge on any atom is -0.366 e. The molecule has 1 aromatic rings. The molecule has 1 aromatic carbocycles. The van der Waals surface area contributed by atoms with Crippen molar-refractivity contribution in [3.05, 3.63) is 34.3 Å². The zero-order chi connectivity index (χ0) is 14.5. The molecule has 3 N–H and O–H groups in total. The molecule has 5 heteroatoms. The van der Waals surface area contributed by atoms with Crippen molar-refractivity contribution in [2.75, 3.05) is 19.6 Å². The number of carbonyl (C=O) groups excluding carboxylic acids is 1. The molecule has 1 heterocycles. The van der Waals surface area contributed by atoms with Crippen LogP contribution in [0.25, 0.3) is 0 Å².